The number of benzene rings is 1. The SMILES string of the molecule is CCCCCS(=O)(=O)CCCCCCCCCC[C@](C)(O)C(=O)Nc1ccc(C#N)c(C(F)(F)F)c1. The van der Waals surface area contributed by atoms with E-state index < -0.39 is 38.6 Å². The van der Waals surface area contributed by atoms with Crippen LogP contribution in [0.3, 0.4) is 0 Å². The third-order valence-corrected chi connectivity index (χ3v) is 7.94. The molecule has 36 heavy (non-hydrogen) atoms. The Morgan fingerprint density at radius 1 is 0.972 bits per heavy atom. The number of unbranched alkanes of at least 4 members (excludes halogenated alkanes) is 9. The maximum Gasteiger partial charge on any atom is 0.417 e. The molecule has 0 unspecified atom stereocenters. The number of halogens is 3. The van der Waals surface area contributed by atoms with Crippen molar-refractivity contribution in [3.63, 3.8) is 0 Å². The van der Waals surface area contributed by atoms with Crippen LogP contribution in [0, 0.1) is 11.3 Å². The summed E-state index contributed by atoms with van der Waals surface area (Å²) >= 11 is 0. The molecule has 0 radical (unpaired) electrons. The average molecular weight is 533 g/mol. The van der Waals surface area contributed by atoms with Crippen molar-refractivity contribution in [3.05, 3.63) is 29.3 Å². The topological polar surface area (TPSA) is 107 Å². The molecule has 6 nitrogen and oxygen atoms in total. The van der Waals surface area contributed by atoms with Gasteiger partial charge in [-0.15, -0.1) is 0 Å². The zero-order valence-corrected chi connectivity index (χ0v) is 22.1. The van der Waals surface area contributed by atoms with Crippen LogP contribution in [0.5, 0.6) is 0 Å². The van der Waals surface area contributed by atoms with E-state index in [9.17, 15) is 31.5 Å². The first-order valence-corrected chi connectivity index (χ1v) is 14.5. The van der Waals surface area contributed by atoms with Gasteiger partial charge in [0.2, 0.25) is 0 Å². The zero-order valence-electron chi connectivity index (χ0n) is 21.3. The molecule has 0 saturated heterocycles. The van der Waals surface area contributed by atoms with Crippen LogP contribution in [-0.4, -0.2) is 36.5 Å². The molecule has 0 saturated carbocycles. The third kappa shape index (κ3) is 12.2. The lowest BCUT2D eigenvalue weighted by Gasteiger charge is -2.22. The average Bonchev–Trinajstić information content (AvgIpc) is 2.79. The van der Waals surface area contributed by atoms with Crippen molar-refractivity contribution in [3.8, 4) is 6.07 Å². The summed E-state index contributed by atoms with van der Waals surface area (Å²) in [5.41, 5.74) is -3.56. The van der Waals surface area contributed by atoms with Gasteiger partial charge in [0.25, 0.3) is 5.91 Å². The second-order valence-electron chi connectivity index (χ2n) is 9.54. The molecule has 1 atom stereocenters. The Hall–Kier alpha value is -2.12. The molecular formula is C26H39F3N2O4S. The summed E-state index contributed by atoms with van der Waals surface area (Å²) in [4.78, 5) is 12.4. The number of carbonyl (C=O) groups excluding carboxylic acids is 1. The monoisotopic (exact) mass is 532 g/mol. The zero-order chi connectivity index (χ0) is 27.2. The number of amides is 1. The van der Waals surface area contributed by atoms with E-state index in [0.717, 1.165) is 63.9 Å². The summed E-state index contributed by atoms with van der Waals surface area (Å²) in [5.74, 6) is -0.261. The van der Waals surface area contributed by atoms with Crippen molar-refractivity contribution in [1.82, 2.24) is 0 Å². The van der Waals surface area contributed by atoms with Crippen molar-refractivity contribution >= 4 is 21.4 Å². The van der Waals surface area contributed by atoms with Gasteiger partial charge < -0.3 is 10.4 Å². The first kappa shape index (κ1) is 31.9. The molecule has 204 valence electrons. The number of nitrogens with zero attached hydrogens (tertiary/aromatic N) is 1. The number of nitrogens with one attached hydrogen (secondary N) is 1. The van der Waals surface area contributed by atoms with Crippen LogP contribution in [0.1, 0.15) is 102 Å². The lowest BCUT2D eigenvalue weighted by atomic mass is 9.96. The lowest BCUT2D eigenvalue weighted by Crippen LogP contribution is -2.40. The number of anilines is 1. The number of aliphatic hydroxyl groups is 1. The molecule has 1 aromatic rings. The highest BCUT2D eigenvalue weighted by Crippen LogP contribution is 2.33. The summed E-state index contributed by atoms with van der Waals surface area (Å²) in [6.07, 6.45) is 4.91. The van der Waals surface area contributed by atoms with Crippen LogP contribution in [0.15, 0.2) is 18.2 Å². The van der Waals surface area contributed by atoms with Gasteiger partial charge in [-0.25, -0.2) is 8.42 Å². The molecule has 0 aromatic heterocycles. The van der Waals surface area contributed by atoms with E-state index in [4.69, 9.17) is 5.26 Å². The van der Waals surface area contributed by atoms with Gasteiger partial charge in [0.15, 0.2) is 0 Å². The van der Waals surface area contributed by atoms with Gasteiger partial charge in [0, 0.05) is 5.69 Å². The van der Waals surface area contributed by atoms with Gasteiger partial charge in [0.1, 0.15) is 15.4 Å². The number of hydrogen-bond donors (Lipinski definition) is 2. The van der Waals surface area contributed by atoms with E-state index in [-0.39, 0.29) is 23.6 Å². The normalized spacial score (nSPS) is 13.7. The van der Waals surface area contributed by atoms with Crippen LogP contribution in [0.2, 0.25) is 0 Å². The lowest BCUT2D eigenvalue weighted by molar-refractivity contribution is -0.138. The fourth-order valence-electron chi connectivity index (χ4n) is 3.86. The van der Waals surface area contributed by atoms with E-state index in [1.165, 1.54) is 19.1 Å². The third-order valence-electron chi connectivity index (χ3n) is 6.12. The molecule has 0 aliphatic carbocycles. The van der Waals surface area contributed by atoms with Crippen molar-refractivity contribution in [2.45, 2.75) is 103 Å². The van der Waals surface area contributed by atoms with Crippen LogP contribution in [0.4, 0.5) is 18.9 Å². The van der Waals surface area contributed by atoms with Gasteiger partial charge in [-0.05, 0) is 44.4 Å². The first-order valence-electron chi connectivity index (χ1n) is 12.7. The summed E-state index contributed by atoms with van der Waals surface area (Å²) < 4.78 is 63.1. The first-order chi connectivity index (χ1) is 16.8. The van der Waals surface area contributed by atoms with E-state index in [0.29, 0.717) is 18.9 Å². The van der Waals surface area contributed by atoms with Gasteiger partial charge >= 0.3 is 6.18 Å². The molecule has 10 heteroatoms. The smallest absolute Gasteiger partial charge is 0.380 e. The van der Waals surface area contributed by atoms with Crippen LogP contribution >= 0.6 is 0 Å². The molecule has 2 N–H and O–H groups in total. The Bertz CT molecular complexity index is 970. The Morgan fingerprint density at radius 2 is 1.50 bits per heavy atom. The summed E-state index contributed by atoms with van der Waals surface area (Å²) in [7, 11) is -2.93. The van der Waals surface area contributed by atoms with E-state index in [2.05, 4.69) is 5.32 Å². The maximum absolute atomic E-state index is 13.1. The fraction of sp³-hybridized carbons (Fsp3) is 0.692. The number of alkyl halides is 3. The molecular weight excluding hydrogens is 493 g/mol. The van der Waals surface area contributed by atoms with Crippen LogP contribution in [-0.2, 0) is 20.8 Å². The molecule has 1 rings (SSSR count). The summed E-state index contributed by atoms with van der Waals surface area (Å²) in [6, 6.07) is 4.35. The minimum absolute atomic E-state index is 0.139. The standard InChI is InChI=1S/C26H39F3N2O4S/c1-3-4-12-17-36(34,35)18-13-10-8-6-5-7-9-11-16-25(2,33)24(32)31-22-15-14-21(20-30)23(19-22)26(27,28)29/h14-15,19,33H,3-13,16-18H2,1-2H3,(H,31,32)/t25-/m0/s1. The molecule has 0 aliphatic rings. The number of sulfone groups is 1. The predicted molar refractivity (Wildman–Crippen MR) is 135 cm³/mol. The van der Waals surface area contributed by atoms with Crippen molar-refractivity contribution in [1.29, 1.82) is 5.26 Å². The number of hydrogen-bond acceptors (Lipinski definition) is 5. The van der Waals surface area contributed by atoms with Crippen LogP contribution < -0.4 is 5.32 Å². The Kier molecular flexibility index (Phi) is 13.5. The Labute approximate surface area is 213 Å². The van der Waals surface area contributed by atoms with E-state index in [1.54, 1.807) is 0 Å². The highest BCUT2D eigenvalue weighted by atomic mass is 32.2. The quantitative estimate of drug-likeness (QED) is 0.226. The largest absolute Gasteiger partial charge is 0.417 e. The highest BCUT2D eigenvalue weighted by Gasteiger charge is 2.35. The molecule has 0 bridgehead atoms. The van der Waals surface area contributed by atoms with E-state index >= 15 is 0 Å². The molecule has 1 amide bonds. The molecule has 0 spiro atoms. The second-order valence-corrected chi connectivity index (χ2v) is 11.8. The number of carbonyl (C=O) groups is 1. The maximum atomic E-state index is 13.1. The second kappa shape index (κ2) is 15.2. The number of nitriles is 1. The van der Waals surface area contributed by atoms with E-state index in [1.807, 2.05) is 6.92 Å². The Morgan fingerprint density at radius 3 is 2.03 bits per heavy atom. The van der Waals surface area contributed by atoms with Gasteiger partial charge in [-0.2, -0.15) is 18.4 Å². The summed E-state index contributed by atoms with van der Waals surface area (Å²) in [6.45, 7) is 3.37. The molecule has 0 heterocycles. The predicted octanol–water partition coefficient (Wildman–Crippen LogP) is 6.38. The number of rotatable bonds is 17. The Balaban J connectivity index is 2.28. The minimum atomic E-state index is -4.74. The summed E-state index contributed by atoms with van der Waals surface area (Å²) in [5, 5.41) is 21.6. The van der Waals surface area contributed by atoms with Gasteiger partial charge in [0.05, 0.1) is 28.7 Å². The highest BCUT2D eigenvalue weighted by molar-refractivity contribution is 7.91. The van der Waals surface area contributed by atoms with Crippen molar-refractivity contribution < 1.29 is 31.5 Å². The molecule has 1 aromatic carbocycles. The van der Waals surface area contributed by atoms with Crippen molar-refractivity contribution in [2.75, 3.05) is 16.8 Å². The minimum Gasteiger partial charge on any atom is -0.380 e. The molecule has 0 fully saturated rings. The van der Waals surface area contributed by atoms with Crippen LogP contribution in [0.25, 0.3) is 0 Å². The van der Waals surface area contributed by atoms with Gasteiger partial charge in [-0.3, -0.25) is 4.79 Å². The fourth-order valence-corrected chi connectivity index (χ4v) is 5.35. The molecule has 0 aliphatic heterocycles. The van der Waals surface area contributed by atoms with Gasteiger partial charge in [-0.1, -0.05) is 64.7 Å². The van der Waals surface area contributed by atoms with Crippen molar-refractivity contribution in [2.24, 2.45) is 0 Å².